The van der Waals surface area contributed by atoms with Crippen LogP contribution in [0.1, 0.15) is 19.1 Å². The monoisotopic (exact) mass is 247 g/mol. The van der Waals surface area contributed by atoms with Gasteiger partial charge in [0.15, 0.2) is 0 Å². The first-order chi connectivity index (χ1) is 8.83. The van der Waals surface area contributed by atoms with Gasteiger partial charge in [0.25, 0.3) is 0 Å². The van der Waals surface area contributed by atoms with Gasteiger partial charge in [-0.05, 0) is 25.0 Å². The number of benzene rings is 1. The molecule has 0 amide bonds. The second-order valence-corrected chi connectivity index (χ2v) is 4.55. The zero-order valence-corrected chi connectivity index (χ0v) is 10.3. The lowest BCUT2D eigenvalue weighted by Gasteiger charge is -2.14. The molecule has 2 atom stereocenters. The Balaban J connectivity index is 1.98. The smallest absolute Gasteiger partial charge is 0.135 e. The summed E-state index contributed by atoms with van der Waals surface area (Å²) in [6.45, 7) is 0.0882. The summed E-state index contributed by atoms with van der Waals surface area (Å²) in [5.41, 5.74) is 3.03. The van der Waals surface area contributed by atoms with Gasteiger partial charge in [-0.2, -0.15) is 0 Å². The Morgan fingerprint density at radius 1 is 1.50 bits per heavy atom. The van der Waals surface area contributed by atoms with Gasteiger partial charge in [-0.1, -0.05) is 6.07 Å². The second kappa shape index (κ2) is 4.59. The van der Waals surface area contributed by atoms with Gasteiger partial charge in [0.1, 0.15) is 11.7 Å². The number of ether oxygens (including phenoxy) is 1. The number of rotatable bonds is 3. The number of para-hydroxylation sites is 1. The van der Waals surface area contributed by atoms with Gasteiger partial charge in [0.05, 0.1) is 30.2 Å². The highest BCUT2D eigenvalue weighted by atomic mass is 16.5. The fraction of sp³-hybridized carbons (Fsp3) is 0.462. The minimum atomic E-state index is -0.0417. The normalized spacial score (nSPS) is 23.7. The zero-order valence-electron chi connectivity index (χ0n) is 10.3. The summed E-state index contributed by atoms with van der Waals surface area (Å²) < 4.78 is 7.84. The van der Waals surface area contributed by atoms with Gasteiger partial charge in [-0.15, -0.1) is 0 Å². The van der Waals surface area contributed by atoms with Crippen molar-refractivity contribution in [3.63, 3.8) is 0 Å². The molecule has 5 nitrogen and oxygen atoms in total. The number of anilines is 1. The van der Waals surface area contributed by atoms with Crippen LogP contribution in [0, 0.1) is 0 Å². The quantitative estimate of drug-likeness (QED) is 0.867. The number of aromatic nitrogens is 2. The van der Waals surface area contributed by atoms with Crippen LogP contribution in [0.4, 0.5) is 5.69 Å². The predicted molar refractivity (Wildman–Crippen MR) is 69.5 cm³/mol. The Bertz CT molecular complexity index is 552. The zero-order chi connectivity index (χ0) is 12.5. The van der Waals surface area contributed by atoms with Crippen LogP contribution in [0.5, 0.6) is 0 Å². The third-order valence-corrected chi connectivity index (χ3v) is 3.47. The lowest BCUT2D eigenvalue weighted by Crippen LogP contribution is -2.13. The minimum Gasteiger partial charge on any atom is -0.394 e. The van der Waals surface area contributed by atoms with Crippen molar-refractivity contribution in [1.29, 1.82) is 0 Å². The molecule has 1 fully saturated rings. The van der Waals surface area contributed by atoms with Gasteiger partial charge in [-0.3, -0.25) is 0 Å². The Morgan fingerprint density at radius 2 is 2.39 bits per heavy atom. The molecule has 1 aromatic carbocycles. The van der Waals surface area contributed by atoms with E-state index in [0.717, 1.165) is 29.6 Å². The number of imidazole rings is 1. The van der Waals surface area contributed by atoms with Crippen molar-refractivity contribution in [1.82, 2.24) is 9.55 Å². The van der Waals surface area contributed by atoms with E-state index in [2.05, 4.69) is 10.3 Å². The topological polar surface area (TPSA) is 59.3 Å². The van der Waals surface area contributed by atoms with Gasteiger partial charge in [0.2, 0.25) is 0 Å². The van der Waals surface area contributed by atoms with Crippen LogP contribution in [-0.2, 0) is 4.74 Å². The second-order valence-electron chi connectivity index (χ2n) is 4.55. The molecular weight excluding hydrogens is 230 g/mol. The summed E-state index contributed by atoms with van der Waals surface area (Å²) in [5.74, 6) is 0. The summed E-state index contributed by atoms with van der Waals surface area (Å²) in [4.78, 5) is 4.44. The number of hydrogen-bond acceptors (Lipinski definition) is 4. The lowest BCUT2D eigenvalue weighted by molar-refractivity contribution is -0.0204. The Hall–Kier alpha value is -1.59. The van der Waals surface area contributed by atoms with E-state index in [-0.39, 0.29) is 18.9 Å². The molecule has 2 N–H and O–H groups in total. The first-order valence-corrected chi connectivity index (χ1v) is 6.23. The summed E-state index contributed by atoms with van der Waals surface area (Å²) in [6, 6.07) is 6.05. The number of nitrogens with one attached hydrogen (secondary N) is 1. The molecule has 1 saturated heterocycles. The van der Waals surface area contributed by atoms with Gasteiger partial charge >= 0.3 is 0 Å². The Labute approximate surface area is 105 Å². The summed E-state index contributed by atoms with van der Waals surface area (Å²) >= 11 is 0. The molecular formula is C13H17N3O2. The maximum atomic E-state index is 9.12. The standard InChI is InChI=1S/C13H17N3O2/c1-14-10-3-2-4-11-13(10)15-8-16(11)12-6-5-9(7-17)18-12/h2-4,8-9,12,14,17H,5-7H2,1H3/t9-,12+/m0/s1. The summed E-state index contributed by atoms with van der Waals surface area (Å²) in [7, 11) is 1.89. The Kier molecular flexibility index (Phi) is 2.93. The van der Waals surface area contributed by atoms with E-state index in [9.17, 15) is 0 Å². The fourth-order valence-corrected chi connectivity index (χ4v) is 2.51. The molecule has 5 heteroatoms. The maximum absolute atomic E-state index is 9.12. The average Bonchev–Trinajstić information content (AvgIpc) is 3.03. The van der Waals surface area contributed by atoms with Crippen LogP contribution in [-0.4, -0.2) is 34.4 Å². The largest absolute Gasteiger partial charge is 0.394 e. The minimum absolute atomic E-state index is 0.0146. The van der Waals surface area contributed by atoms with Crippen LogP contribution in [0.3, 0.4) is 0 Å². The molecule has 0 saturated carbocycles. The van der Waals surface area contributed by atoms with E-state index >= 15 is 0 Å². The number of aliphatic hydroxyl groups excluding tert-OH is 1. The molecule has 0 spiro atoms. The number of fused-ring (bicyclic) bond motifs is 1. The van der Waals surface area contributed by atoms with E-state index in [4.69, 9.17) is 9.84 Å². The molecule has 3 rings (SSSR count). The predicted octanol–water partition coefficient (Wildman–Crippen LogP) is 1.75. The third-order valence-electron chi connectivity index (χ3n) is 3.47. The molecule has 0 bridgehead atoms. The molecule has 0 radical (unpaired) electrons. The Morgan fingerprint density at radius 3 is 3.11 bits per heavy atom. The van der Waals surface area contributed by atoms with Crippen LogP contribution < -0.4 is 5.32 Å². The highest BCUT2D eigenvalue weighted by Crippen LogP contribution is 2.32. The molecule has 18 heavy (non-hydrogen) atoms. The average molecular weight is 247 g/mol. The maximum Gasteiger partial charge on any atom is 0.135 e. The molecule has 2 aromatic rings. The highest BCUT2D eigenvalue weighted by molar-refractivity contribution is 5.88. The van der Waals surface area contributed by atoms with Crippen LogP contribution in [0.2, 0.25) is 0 Å². The molecule has 1 aliphatic heterocycles. The van der Waals surface area contributed by atoms with Crippen molar-refractivity contribution in [3.05, 3.63) is 24.5 Å². The highest BCUT2D eigenvalue weighted by Gasteiger charge is 2.27. The molecule has 1 aromatic heterocycles. The van der Waals surface area contributed by atoms with Crippen molar-refractivity contribution in [2.75, 3.05) is 19.0 Å². The first-order valence-electron chi connectivity index (χ1n) is 6.23. The van der Waals surface area contributed by atoms with E-state index in [1.807, 2.05) is 36.1 Å². The van der Waals surface area contributed by atoms with Crippen LogP contribution in [0.25, 0.3) is 11.0 Å². The summed E-state index contributed by atoms with van der Waals surface area (Å²) in [6.07, 6.45) is 3.57. The number of hydrogen-bond donors (Lipinski definition) is 2. The molecule has 96 valence electrons. The third kappa shape index (κ3) is 1.76. The van der Waals surface area contributed by atoms with Crippen LogP contribution in [0.15, 0.2) is 24.5 Å². The van der Waals surface area contributed by atoms with E-state index in [1.165, 1.54) is 0 Å². The van der Waals surface area contributed by atoms with Crippen molar-refractivity contribution in [2.45, 2.75) is 25.2 Å². The lowest BCUT2D eigenvalue weighted by atomic mass is 10.2. The fourth-order valence-electron chi connectivity index (χ4n) is 2.51. The van der Waals surface area contributed by atoms with Gasteiger partial charge in [0, 0.05) is 7.05 Å². The van der Waals surface area contributed by atoms with E-state index < -0.39 is 0 Å². The molecule has 0 unspecified atom stereocenters. The van der Waals surface area contributed by atoms with Gasteiger partial charge in [-0.25, -0.2) is 4.98 Å². The molecule has 0 aliphatic carbocycles. The van der Waals surface area contributed by atoms with Gasteiger partial charge < -0.3 is 19.7 Å². The summed E-state index contributed by atoms with van der Waals surface area (Å²) in [5, 5.41) is 12.3. The van der Waals surface area contributed by atoms with Crippen molar-refractivity contribution >= 4 is 16.7 Å². The van der Waals surface area contributed by atoms with Crippen LogP contribution >= 0.6 is 0 Å². The first kappa shape index (κ1) is 11.5. The molecule has 2 heterocycles. The number of aliphatic hydroxyl groups is 1. The number of nitrogens with zero attached hydrogens (tertiary/aromatic N) is 2. The van der Waals surface area contributed by atoms with Crippen molar-refractivity contribution in [2.24, 2.45) is 0 Å². The van der Waals surface area contributed by atoms with E-state index in [1.54, 1.807) is 0 Å². The van der Waals surface area contributed by atoms with Crippen molar-refractivity contribution in [3.8, 4) is 0 Å². The SMILES string of the molecule is CNc1cccc2c1ncn2[C@H]1CC[C@@H](CO)O1. The molecule has 1 aliphatic rings. The van der Waals surface area contributed by atoms with E-state index in [0.29, 0.717) is 0 Å². The van der Waals surface area contributed by atoms with Crippen molar-refractivity contribution < 1.29 is 9.84 Å².